The second kappa shape index (κ2) is 6.00. The van der Waals surface area contributed by atoms with E-state index in [4.69, 9.17) is 0 Å². The number of rotatable bonds is 4. The average molecular weight is 241 g/mol. The van der Waals surface area contributed by atoms with Crippen LogP contribution in [0, 0.1) is 11.8 Å². The van der Waals surface area contributed by atoms with Gasteiger partial charge in [-0.25, -0.2) is 0 Å². The first-order chi connectivity index (χ1) is 7.97. The number of hydrogen-bond acceptors (Lipinski definition) is 3. The topological polar surface area (TPSA) is 61.4 Å². The lowest BCUT2D eigenvalue weighted by molar-refractivity contribution is -0.135. The number of carbonyl (C=O) groups excluding carboxylic acids is 2. The van der Waals surface area contributed by atoms with Crippen LogP contribution in [0.2, 0.25) is 0 Å². The smallest absolute Gasteiger partial charge is 0.227 e. The molecular formula is C12H23N3O2. The van der Waals surface area contributed by atoms with E-state index in [1.807, 2.05) is 13.8 Å². The maximum atomic E-state index is 12.2. The standard InChI is InChI=1S/C12H23N3O2/c1-8(11(16)13-3)7-15(4)12(17)10-5-6-14-9(10)2/h8-10,14H,5-7H2,1-4H3,(H,13,16). The number of nitrogens with one attached hydrogen (secondary N) is 2. The van der Waals surface area contributed by atoms with Gasteiger partial charge in [0.2, 0.25) is 11.8 Å². The molecule has 3 unspecified atom stereocenters. The third-order valence-electron chi connectivity index (χ3n) is 3.46. The summed E-state index contributed by atoms with van der Waals surface area (Å²) in [4.78, 5) is 25.2. The molecule has 0 aromatic heterocycles. The Morgan fingerprint density at radius 2 is 2.18 bits per heavy atom. The summed E-state index contributed by atoms with van der Waals surface area (Å²) in [6.07, 6.45) is 0.888. The first kappa shape index (κ1) is 14.0. The fourth-order valence-electron chi connectivity index (χ4n) is 2.31. The monoisotopic (exact) mass is 241 g/mol. The van der Waals surface area contributed by atoms with Gasteiger partial charge < -0.3 is 15.5 Å². The van der Waals surface area contributed by atoms with Gasteiger partial charge in [-0.2, -0.15) is 0 Å². The Labute approximate surface area is 103 Å². The van der Waals surface area contributed by atoms with Crippen LogP contribution in [0.15, 0.2) is 0 Å². The van der Waals surface area contributed by atoms with Gasteiger partial charge in [0.25, 0.3) is 0 Å². The van der Waals surface area contributed by atoms with Crippen LogP contribution in [-0.2, 0) is 9.59 Å². The molecule has 1 heterocycles. The zero-order chi connectivity index (χ0) is 13.0. The molecule has 1 aliphatic heterocycles. The summed E-state index contributed by atoms with van der Waals surface area (Å²) in [5.41, 5.74) is 0. The minimum atomic E-state index is -0.168. The Hall–Kier alpha value is -1.10. The van der Waals surface area contributed by atoms with Crippen molar-refractivity contribution in [3.05, 3.63) is 0 Å². The van der Waals surface area contributed by atoms with Crippen LogP contribution in [0.5, 0.6) is 0 Å². The maximum absolute atomic E-state index is 12.2. The van der Waals surface area contributed by atoms with Crippen LogP contribution in [0.3, 0.4) is 0 Å². The summed E-state index contributed by atoms with van der Waals surface area (Å²) < 4.78 is 0. The molecule has 1 saturated heterocycles. The van der Waals surface area contributed by atoms with Gasteiger partial charge in [0.05, 0.1) is 11.8 Å². The van der Waals surface area contributed by atoms with Crippen LogP contribution < -0.4 is 10.6 Å². The molecule has 0 saturated carbocycles. The van der Waals surface area contributed by atoms with Crippen molar-refractivity contribution in [2.45, 2.75) is 26.3 Å². The molecule has 17 heavy (non-hydrogen) atoms. The van der Waals surface area contributed by atoms with E-state index in [1.54, 1.807) is 19.0 Å². The summed E-state index contributed by atoms with van der Waals surface area (Å²) in [6.45, 7) is 5.24. The van der Waals surface area contributed by atoms with Crippen molar-refractivity contribution in [3.8, 4) is 0 Å². The number of hydrogen-bond donors (Lipinski definition) is 2. The zero-order valence-corrected chi connectivity index (χ0v) is 11.1. The van der Waals surface area contributed by atoms with Gasteiger partial charge in [-0.3, -0.25) is 9.59 Å². The largest absolute Gasteiger partial charge is 0.359 e. The Balaban J connectivity index is 2.49. The summed E-state index contributed by atoms with van der Waals surface area (Å²) in [5, 5.41) is 5.86. The van der Waals surface area contributed by atoms with Crippen LogP contribution in [-0.4, -0.2) is 49.9 Å². The highest BCUT2D eigenvalue weighted by molar-refractivity contribution is 5.82. The van der Waals surface area contributed by atoms with Gasteiger partial charge in [-0.15, -0.1) is 0 Å². The maximum Gasteiger partial charge on any atom is 0.227 e. The van der Waals surface area contributed by atoms with Crippen LogP contribution in [0.1, 0.15) is 20.3 Å². The van der Waals surface area contributed by atoms with Crippen LogP contribution in [0.4, 0.5) is 0 Å². The van der Waals surface area contributed by atoms with Gasteiger partial charge >= 0.3 is 0 Å². The highest BCUT2D eigenvalue weighted by Crippen LogP contribution is 2.18. The molecule has 98 valence electrons. The first-order valence-electron chi connectivity index (χ1n) is 6.17. The predicted octanol–water partition coefficient (Wildman–Crippen LogP) is -0.175. The van der Waals surface area contributed by atoms with E-state index in [1.165, 1.54) is 0 Å². The van der Waals surface area contributed by atoms with Gasteiger partial charge in [-0.1, -0.05) is 6.92 Å². The van der Waals surface area contributed by atoms with Crippen molar-refractivity contribution in [2.24, 2.45) is 11.8 Å². The highest BCUT2D eigenvalue weighted by atomic mass is 16.2. The quantitative estimate of drug-likeness (QED) is 0.718. The molecule has 1 fully saturated rings. The lowest BCUT2D eigenvalue weighted by Gasteiger charge is -2.25. The molecule has 5 nitrogen and oxygen atoms in total. The van der Waals surface area contributed by atoms with Crippen LogP contribution >= 0.6 is 0 Å². The average Bonchev–Trinajstić information content (AvgIpc) is 2.73. The molecule has 0 aromatic rings. The normalized spacial score (nSPS) is 25.4. The molecular weight excluding hydrogens is 218 g/mol. The summed E-state index contributed by atoms with van der Waals surface area (Å²) in [6, 6.07) is 0.236. The van der Waals surface area contributed by atoms with Crippen molar-refractivity contribution >= 4 is 11.8 Å². The number of amides is 2. The fourth-order valence-corrected chi connectivity index (χ4v) is 2.31. The molecule has 5 heteroatoms. The third-order valence-corrected chi connectivity index (χ3v) is 3.46. The fraction of sp³-hybridized carbons (Fsp3) is 0.833. The lowest BCUT2D eigenvalue weighted by atomic mass is 10.00. The molecule has 3 atom stereocenters. The molecule has 0 spiro atoms. The molecule has 0 aromatic carbocycles. The third kappa shape index (κ3) is 3.43. The number of nitrogens with zero attached hydrogens (tertiary/aromatic N) is 1. The summed E-state index contributed by atoms with van der Waals surface area (Å²) in [5.74, 6) is -0.00370. The van der Waals surface area contributed by atoms with Crippen molar-refractivity contribution in [1.82, 2.24) is 15.5 Å². The van der Waals surface area contributed by atoms with Gasteiger partial charge in [0, 0.05) is 26.7 Å². The zero-order valence-electron chi connectivity index (χ0n) is 11.1. The van der Waals surface area contributed by atoms with Gasteiger partial charge in [-0.05, 0) is 19.9 Å². The van der Waals surface area contributed by atoms with E-state index < -0.39 is 0 Å². The molecule has 0 bridgehead atoms. The Bertz CT molecular complexity index is 293. The first-order valence-corrected chi connectivity index (χ1v) is 6.17. The van der Waals surface area contributed by atoms with Gasteiger partial charge in [0.15, 0.2) is 0 Å². The minimum Gasteiger partial charge on any atom is -0.359 e. The second-order valence-corrected chi connectivity index (χ2v) is 4.87. The summed E-state index contributed by atoms with van der Waals surface area (Å²) in [7, 11) is 3.39. The molecule has 2 N–H and O–H groups in total. The molecule has 1 aliphatic rings. The van der Waals surface area contributed by atoms with Crippen LogP contribution in [0.25, 0.3) is 0 Å². The second-order valence-electron chi connectivity index (χ2n) is 4.87. The van der Waals surface area contributed by atoms with E-state index >= 15 is 0 Å². The van der Waals surface area contributed by atoms with Crippen molar-refractivity contribution in [1.29, 1.82) is 0 Å². The van der Waals surface area contributed by atoms with Gasteiger partial charge in [0.1, 0.15) is 0 Å². The SMILES string of the molecule is CNC(=O)C(C)CN(C)C(=O)C1CCNC1C. The lowest BCUT2D eigenvalue weighted by Crippen LogP contribution is -2.42. The molecule has 0 radical (unpaired) electrons. The van der Waals surface area contributed by atoms with Crippen molar-refractivity contribution in [2.75, 3.05) is 27.2 Å². The minimum absolute atomic E-state index is 0.0257. The van der Waals surface area contributed by atoms with Crippen molar-refractivity contribution < 1.29 is 9.59 Å². The van der Waals surface area contributed by atoms with Crippen molar-refractivity contribution in [3.63, 3.8) is 0 Å². The summed E-state index contributed by atoms with van der Waals surface area (Å²) >= 11 is 0. The number of carbonyl (C=O) groups is 2. The molecule has 2 amide bonds. The molecule has 1 rings (SSSR count). The predicted molar refractivity (Wildman–Crippen MR) is 66.4 cm³/mol. The molecule has 0 aliphatic carbocycles. The van der Waals surface area contributed by atoms with E-state index in [-0.39, 0.29) is 29.7 Å². The highest BCUT2D eigenvalue weighted by Gasteiger charge is 2.32. The Morgan fingerprint density at radius 1 is 1.53 bits per heavy atom. The Morgan fingerprint density at radius 3 is 2.65 bits per heavy atom. The van der Waals surface area contributed by atoms with E-state index in [9.17, 15) is 9.59 Å². The van der Waals surface area contributed by atoms with E-state index in [0.29, 0.717) is 6.54 Å². The van der Waals surface area contributed by atoms with E-state index in [0.717, 1.165) is 13.0 Å². The van der Waals surface area contributed by atoms with E-state index in [2.05, 4.69) is 10.6 Å². The Kier molecular flexibility index (Phi) is 4.93.